The van der Waals surface area contributed by atoms with Crippen molar-refractivity contribution in [2.75, 3.05) is 0 Å². The molecule has 9 aromatic carbocycles. The van der Waals surface area contributed by atoms with Gasteiger partial charge in [-0.2, -0.15) is 0 Å². The first kappa shape index (κ1) is 38.4. The summed E-state index contributed by atoms with van der Waals surface area (Å²) in [7, 11) is 0. The summed E-state index contributed by atoms with van der Waals surface area (Å²) in [5.41, 5.74) is 14.9. The van der Waals surface area contributed by atoms with Crippen LogP contribution in [0.15, 0.2) is 230 Å². The van der Waals surface area contributed by atoms with E-state index < -0.39 is 5.41 Å². The molecule has 66 heavy (non-hydrogen) atoms. The fourth-order valence-corrected chi connectivity index (χ4v) is 11.9. The van der Waals surface area contributed by atoms with Crippen LogP contribution in [0.25, 0.3) is 98.5 Å². The van der Waals surface area contributed by atoms with Gasteiger partial charge in [0, 0.05) is 36.9 Å². The molecule has 2 aromatic heterocycles. The maximum absolute atomic E-state index is 5.31. The van der Waals surface area contributed by atoms with Crippen molar-refractivity contribution in [1.29, 1.82) is 0 Å². The van der Waals surface area contributed by atoms with Gasteiger partial charge in [-0.05, 0) is 85.8 Å². The van der Waals surface area contributed by atoms with Crippen LogP contribution in [0, 0.1) is 0 Å². The molecule has 0 bridgehead atoms. The molecule has 1 atom stereocenters. The lowest BCUT2D eigenvalue weighted by Crippen LogP contribution is -2.30. The number of hydrogen-bond donors (Lipinski definition) is 0. The quantitative estimate of drug-likeness (QED) is 0.160. The molecular weight excluding hydrogens is 819 g/mol. The van der Waals surface area contributed by atoms with Crippen LogP contribution in [0.4, 0.5) is 0 Å². The van der Waals surface area contributed by atoms with Crippen LogP contribution in [0.5, 0.6) is 0 Å². The van der Waals surface area contributed by atoms with Gasteiger partial charge in [0.2, 0.25) is 0 Å². The minimum absolute atomic E-state index is 0.403. The third-order valence-corrected chi connectivity index (χ3v) is 15.0. The number of thiophene rings is 1. The van der Waals surface area contributed by atoms with Gasteiger partial charge in [0.1, 0.15) is 0 Å². The minimum atomic E-state index is -0.403. The maximum atomic E-state index is 5.31. The molecule has 0 amide bonds. The van der Waals surface area contributed by atoms with Gasteiger partial charge >= 0.3 is 0 Å². The minimum Gasteiger partial charge on any atom is -0.208 e. The summed E-state index contributed by atoms with van der Waals surface area (Å²) >= 11 is 1.85. The Hall–Kier alpha value is -8.05. The maximum Gasteiger partial charge on any atom is 0.164 e. The molecule has 2 aliphatic carbocycles. The molecule has 0 spiro atoms. The van der Waals surface area contributed by atoms with E-state index in [1.54, 1.807) is 0 Å². The fourth-order valence-electron chi connectivity index (χ4n) is 10.7. The molecule has 0 N–H and O–H groups in total. The van der Waals surface area contributed by atoms with Gasteiger partial charge in [0.15, 0.2) is 17.5 Å². The van der Waals surface area contributed by atoms with E-state index in [1.807, 2.05) is 11.3 Å². The molecule has 1 unspecified atom stereocenters. The summed E-state index contributed by atoms with van der Waals surface area (Å²) in [5.74, 6) is 1.92. The Morgan fingerprint density at radius 3 is 1.74 bits per heavy atom. The smallest absolute Gasteiger partial charge is 0.164 e. The highest BCUT2D eigenvalue weighted by Gasteiger charge is 2.47. The predicted molar refractivity (Wildman–Crippen MR) is 276 cm³/mol. The monoisotopic (exact) mass is 859 g/mol. The molecule has 2 heterocycles. The highest BCUT2D eigenvalue weighted by molar-refractivity contribution is 7.26. The van der Waals surface area contributed by atoms with E-state index in [4.69, 9.17) is 15.0 Å². The molecule has 0 radical (unpaired) electrons. The largest absolute Gasteiger partial charge is 0.208 e. The number of rotatable bonds is 7. The molecule has 2 aliphatic rings. The number of aromatic nitrogens is 3. The summed E-state index contributed by atoms with van der Waals surface area (Å²) in [5, 5.41) is 5.05. The second-order valence-corrected chi connectivity index (χ2v) is 18.4. The average Bonchev–Trinajstić information content (AvgIpc) is 3.93. The Bertz CT molecular complexity index is 3740. The highest BCUT2D eigenvalue weighted by Crippen LogP contribution is 2.58. The molecule has 4 heteroatoms. The second-order valence-electron chi connectivity index (χ2n) is 17.3. The van der Waals surface area contributed by atoms with Crippen LogP contribution in [0.2, 0.25) is 0 Å². The fraction of sp³-hybridized carbons (Fsp3) is 0.0484. The summed E-state index contributed by atoms with van der Waals surface area (Å²) in [6.45, 7) is 0. The van der Waals surface area contributed by atoms with Crippen molar-refractivity contribution in [3.63, 3.8) is 0 Å². The zero-order valence-corrected chi connectivity index (χ0v) is 36.8. The van der Waals surface area contributed by atoms with E-state index in [-0.39, 0.29) is 0 Å². The molecule has 0 fully saturated rings. The van der Waals surface area contributed by atoms with Crippen LogP contribution < -0.4 is 0 Å². The first-order valence-corrected chi connectivity index (χ1v) is 23.5. The molecule has 0 saturated heterocycles. The van der Waals surface area contributed by atoms with Gasteiger partial charge in [-0.1, -0.05) is 218 Å². The number of benzene rings is 9. The SMILES string of the molecule is C1=CCCC(C2(c3ccccc3)c3ccccc3-c3cc(-c4nc(-c5ccc(-c6cccc7ccccc67)cc5)nc(-c5ccc(-c6cccc7c6sc6ccccc67)cc5)n4)ccc32)=C1. The van der Waals surface area contributed by atoms with E-state index >= 15 is 0 Å². The van der Waals surface area contributed by atoms with Gasteiger partial charge in [0.25, 0.3) is 0 Å². The molecule has 3 nitrogen and oxygen atoms in total. The Morgan fingerprint density at radius 1 is 0.409 bits per heavy atom. The average molecular weight is 860 g/mol. The zero-order valence-electron chi connectivity index (χ0n) is 36.0. The van der Waals surface area contributed by atoms with Crippen molar-refractivity contribution >= 4 is 42.3 Å². The van der Waals surface area contributed by atoms with E-state index in [1.165, 1.54) is 75.5 Å². The third kappa shape index (κ3) is 6.13. The van der Waals surface area contributed by atoms with E-state index in [2.05, 4.69) is 224 Å². The molecule has 13 rings (SSSR count). The topological polar surface area (TPSA) is 38.7 Å². The number of allylic oxidation sites excluding steroid dienone is 4. The van der Waals surface area contributed by atoms with Crippen LogP contribution in [-0.4, -0.2) is 15.0 Å². The summed E-state index contributed by atoms with van der Waals surface area (Å²) in [4.78, 5) is 15.8. The van der Waals surface area contributed by atoms with Crippen molar-refractivity contribution in [1.82, 2.24) is 15.0 Å². The summed E-state index contributed by atoms with van der Waals surface area (Å²) < 4.78 is 2.60. The van der Waals surface area contributed by atoms with Gasteiger partial charge < -0.3 is 0 Å². The van der Waals surface area contributed by atoms with Crippen LogP contribution in [0.1, 0.15) is 29.5 Å². The Labute approximate surface area is 387 Å². The van der Waals surface area contributed by atoms with Crippen molar-refractivity contribution in [3.8, 4) is 67.5 Å². The van der Waals surface area contributed by atoms with Gasteiger partial charge in [-0.25, -0.2) is 15.0 Å². The van der Waals surface area contributed by atoms with Crippen molar-refractivity contribution < 1.29 is 0 Å². The lowest BCUT2D eigenvalue weighted by atomic mass is 9.65. The number of fused-ring (bicyclic) bond motifs is 7. The van der Waals surface area contributed by atoms with Gasteiger partial charge in [-0.15, -0.1) is 11.3 Å². The summed E-state index contributed by atoms with van der Waals surface area (Å²) in [6, 6.07) is 74.7. The van der Waals surface area contributed by atoms with Crippen molar-refractivity contribution in [3.05, 3.63) is 247 Å². The Balaban J connectivity index is 0.958. The first-order valence-electron chi connectivity index (χ1n) is 22.7. The normalized spacial score (nSPS) is 15.2. The number of hydrogen-bond acceptors (Lipinski definition) is 4. The molecular formula is C62H41N3S. The molecule has 310 valence electrons. The molecule has 11 aromatic rings. The van der Waals surface area contributed by atoms with Crippen molar-refractivity contribution in [2.45, 2.75) is 18.3 Å². The third-order valence-electron chi connectivity index (χ3n) is 13.7. The number of nitrogens with zero attached hydrogens (tertiary/aromatic N) is 3. The van der Waals surface area contributed by atoms with Gasteiger partial charge in [-0.3, -0.25) is 0 Å². The Kier molecular flexibility index (Phi) is 9.07. The second kappa shape index (κ2) is 15.6. The highest BCUT2D eigenvalue weighted by atomic mass is 32.1. The van der Waals surface area contributed by atoms with Gasteiger partial charge in [0.05, 0.1) is 5.41 Å². The van der Waals surface area contributed by atoms with Crippen LogP contribution >= 0.6 is 11.3 Å². The van der Waals surface area contributed by atoms with Crippen LogP contribution in [-0.2, 0) is 5.41 Å². The lowest BCUT2D eigenvalue weighted by Gasteiger charge is -2.36. The summed E-state index contributed by atoms with van der Waals surface area (Å²) in [6.07, 6.45) is 8.88. The van der Waals surface area contributed by atoms with E-state index in [9.17, 15) is 0 Å². The molecule has 0 aliphatic heterocycles. The Morgan fingerprint density at radius 2 is 0.970 bits per heavy atom. The van der Waals surface area contributed by atoms with E-state index in [0.29, 0.717) is 17.5 Å². The zero-order chi connectivity index (χ0) is 43.6. The van der Waals surface area contributed by atoms with Crippen LogP contribution in [0.3, 0.4) is 0 Å². The predicted octanol–water partition coefficient (Wildman–Crippen LogP) is 16.3. The van der Waals surface area contributed by atoms with E-state index in [0.717, 1.165) is 40.7 Å². The molecule has 0 saturated carbocycles. The standard InChI is InChI=1S/C62H41N3S/c1-3-17-46(18-4-1)62(47-19-5-2-6-20-47)55-27-11-9-22-51(55)54-39-45(37-38-56(54)62)61-64-59(43-33-29-41(30-34-43)49-24-13-16-40-15-7-8-21-48(40)49)63-60(65-61)44-35-31-42(32-36-44)50-25-14-26-53-52-23-10-12-28-57(52)66-58(50)53/h1-5,7-19,21-39H,6,20H2. The van der Waals surface area contributed by atoms with Crippen molar-refractivity contribution in [2.24, 2.45) is 0 Å². The lowest BCUT2D eigenvalue weighted by molar-refractivity contribution is 0.693. The first-order chi connectivity index (χ1) is 32.7.